The minimum atomic E-state index is -0.454. The van der Waals surface area contributed by atoms with Crippen LogP contribution in [0.2, 0.25) is 0 Å². The van der Waals surface area contributed by atoms with E-state index >= 15 is 0 Å². The zero-order valence-corrected chi connectivity index (χ0v) is 12.5. The summed E-state index contributed by atoms with van der Waals surface area (Å²) < 4.78 is 6.66. The van der Waals surface area contributed by atoms with E-state index in [1.54, 1.807) is 30.2 Å². The molecule has 0 radical (unpaired) electrons. The first-order valence-electron chi connectivity index (χ1n) is 6.83. The van der Waals surface area contributed by atoms with Gasteiger partial charge in [-0.1, -0.05) is 0 Å². The first-order valence-corrected chi connectivity index (χ1v) is 6.83. The van der Waals surface area contributed by atoms with E-state index in [4.69, 9.17) is 4.42 Å². The number of nitrogens with one attached hydrogen (secondary N) is 2. The van der Waals surface area contributed by atoms with Crippen molar-refractivity contribution in [3.63, 3.8) is 0 Å². The van der Waals surface area contributed by atoms with Crippen molar-refractivity contribution in [2.24, 2.45) is 0 Å². The molecule has 1 atom stereocenters. The Bertz CT molecular complexity index is 786. The van der Waals surface area contributed by atoms with Gasteiger partial charge in [0.1, 0.15) is 12.3 Å². The summed E-state index contributed by atoms with van der Waals surface area (Å²) in [7, 11) is 0. The molecule has 3 heterocycles. The van der Waals surface area contributed by atoms with Gasteiger partial charge in [0.25, 0.3) is 5.91 Å². The Morgan fingerprint density at radius 3 is 2.91 bits per heavy atom. The van der Waals surface area contributed by atoms with Crippen molar-refractivity contribution in [3.05, 3.63) is 36.0 Å². The van der Waals surface area contributed by atoms with Gasteiger partial charge in [-0.2, -0.15) is 10.1 Å². The maximum absolute atomic E-state index is 12.3. The van der Waals surface area contributed by atoms with Gasteiger partial charge in [0.05, 0.1) is 17.5 Å². The first-order chi connectivity index (χ1) is 10.5. The lowest BCUT2D eigenvalue weighted by atomic mass is 10.3. The Hall–Kier alpha value is -2.90. The summed E-state index contributed by atoms with van der Waals surface area (Å²) in [6.45, 7) is 5.58. The molecule has 1 unspecified atom stereocenters. The quantitative estimate of drug-likeness (QED) is 0.768. The maximum Gasteiger partial charge on any atom is 0.251 e. The molecule has 2 N–H and O–H groups in total. The van der Waals surface area contributed by atoms with Crippen LogP contribution >= 0.6 is 0 Å². The molecule has 0 saturated heterocycles. The number of aryl methyl sites for hydroxylation is 2. The van der Waals surface area contributed by atoms with Crippen LogP contribution in [0.15, 0.2) is 29.1 Å². The van der Waals surface area contributed by atoms with E-state index in [1.807, 2.05) is 19.9 Å². The molecule has 8 heteroatoms. The molecule has 3 aromatic rings. The second kappa shape index (κ2) is 5.47. The van der Waals surface area contributed by atoms with E-state index in [9.17, 15) is 4.79 Å². The van der Waals surface area contributed by atoms with Crippen molar-refractivity contribution < 1.29 is 9.21 Å². The molecule has 3 rings (SSSR count). The molecule has 0 aliphatic heterocycles. The molecule has 8 nitrogen and oxygen atoms in total. The van der Waals surface area contributed by atoms with Crippen LogP contribution in [0.25, 0.3) is 11.4 Å². The molecule has 0 bridgehead atoms. The van der Waals surface area contributed by atoms with Gasteiger partial charge in [-0.3, -0.25) is 19.9 Å². The molecule has 0 aliphatic carbocycles. The average molecular weight is 300 g/mol. The Morgan fingerprint density at radius 2 is 2.27 bits per heavy atom. The van der Waals surface area contributed by atoms with E-state index in [1.165, 1.54) is 0 Å². The van der Waals surface area contributed by atoms with E-state index in [0.29, 0.717) is 5.82 Å². The summed E-state index contributed by atoms with van der Waals surface area (Å²) in [5, 5.41) is 13.7. The van der Waals surface area contributed by atoms with Gasteiger partial charge in [0.2, 0.25) is 5.95 Å². The molecular weight excluding hydrogens is 284 g/mol. The predicted molar refractivity (Wildman–Crippen MR) is 79.1 cm³/mol. The van der Waals surface area contributed by atoms with Crippen molar-refractivity contribution in [2.45, 2.75) is 26.8 Å². The second-order valence-corrected chi connectivity index (χ2v) is 5.06. The van der Waals surface area contributed by atoms with E-state index in [-0.39, 0.29) is 11.9 Å². The van der Waals surface area contributed by atoms with Gasteiger partial charge < -0.3 is 4.42 Å². The smallest absolute Gasteiger partial charge is 0.251 e. The van der Waals surface area contributed by atoms with Crippen LogP contribution in [0, 0.1) is 13.8 Å². The summed E-state index contributed by atoms with van der Waals surface area (Å²) in [4.78, 5) is 16.5. The van der Waals surface area contributed by atoms with Crippen molar-refractivity contribution in [2.75, 3.05) is 5.32 Å². The number of carbonyl (C=O) groups excluding carboxylic acids is 1. The largest absolute Gasteiger partial charge is 0.472 e. The van der Waals surface area contributed by atoms with Gasteiger partial charge >= 0.3 is 0 Å². The van der Waals surface area contributed by atoms with Crippen LogP contribution in [0.1, 0.15) is 24.4 Å². The van der Waals surface area contributed by atoms with Gasteiger partial charge in [0.15, 0.2) is 5.82 Å². The van der Waals surface area contributed by atoms with E-state index < -0.39 is 6.04 Å². The van der Waals surface area contributed by atoms with Gasteiger partial charge in [-0.05, 0) is 32.9 Å². The first kappa shape index (κ1) is 14.1. The fourth-order valence-corrected chi connectivity index (χ4v) is 2.21. The molecule has 0 saturated carbocycles. The Balaban J connectivity index is 1.73. The number of nitrogens with zero attached hydrogens (tertiary/aromatic N) is 4. The predicted octanol–water partition coefficient (Wildman–Crippen LogP) is 2.08. The summed E-state index contributed by atoms with van der Waals surface area (Å²) in [5.41, 5.74) is 2.56. The topological polar surface area (TPSA) is 102 Å². The Kier molecular flexibility index (Phi) is 3.50. The van der Waals surface area contributed by atoms with Gasteiger partial charge in [0, 0.05) is 5.69 Å². The van der Waals surface area contributed by atoms with Gasteiger partial charge in [-0.25, -0.2) is 0 Å². The standard InChI is InChI=1S/C14H16N6O2/c1-8-6-9(2)20(19-8)10(3)13(21)16-14-15-12(17-18-14)11-4-5-22-7-11/h4-7,10H,1-3H3,(H2,15,16,17,18,21). The molecule has 0 aliphatic rings. The number of amides is 1. The van der Waals surface area contributed by atoms with Crippen molar-refractivity contribution >= 4 is 11.9 Å². The molecule has 0 fully saturated rings. The highest BCUT2D eigenvalue weighted by Crippen LogP contribution is 2.17. The summed E-state index contributed by atoms with van der Waals surface area (Å²) in [5.74, 6) is 0.515. The van der Waals surface area contributed by atoms with Crippen LogP contribution in [-0.2, 0) is 4.79 Å². The zero-order valence-electron chi connectivity index (χ0n) is 12.5. The van der Waals surface area contributed by atoms with Crippen molar-refractivity contribution in [1.82, 2.24) is 25.0 Å². The fraction of sp³-hybridized carbons (Fsp3) is 0.286. The van der Waals surface area contributed by atoms with E-state index in [0.717, 1.165) is 17.0 Å². The lowest BCUT2D eigenvalue weighted by Crippen LogP contribution is -2.25. The maximum atomic E-state index is 12.3. The molecule has 3 aromatic heterocycles. The number of aromatic amines is 1. The minimum Gasteiger partial charge on any atom is -0.472 e. The molecule has 22 heavy (non-hydrogen) atoms. The van der Waals surface area contributed by atoms with Crippen molar-refractivity contribution in [3.8, 4) is 11.4 Å². The summed E-state index contributed by atoms with van der Waals surface area (Å²) >= 11 is 0. The zero-order chi connectivity index (χ0) is 15.7. The lowest BCUT2D eigenvalue weighted by molar-refractivity contribution is -0.119. The van der Waals surface area contributed by atoms with Crippen LogP contribution in [0.3, 0.4) is 0 Å². The van der Waals surface area contributed by atoms with Crippen LogP contribution in [0.4, 0.5) is 5.95 Å². The number of carbonyl (C=O) groups is 1. The number of aromatic nitrogens is 5. The minimum absolute atomic E-state index is 0.217. The number of hydrogen-bond acceptors (Lipinski definition) is 5. The van der Waals surface area contributed by atoms with Gasteiger partial charge in [-0.15, -0.1) is 5.10 Å². The fourth-order valence-electron chi connectivity index (χ4n) is 2.21. The molecule has 114 valence electrons. The Morgan fingerprint density at radius 1 is 1.45 bits per heavy atom. The summed E-state index contributed by atoms with van der Waals surface area (Å²) in [6.07, 6.45) is 3.09. The molecule has 0 aromatic carbocycles. The highest BCUT2D eigenvalue weighted by atomic mass is 16.3. The number of H-pyrrole nitrogens is 1. The number of rotatable bonds is 4. The monoisotopic (exact) mass is 300 g/mol. The summed E-state index contributed by atoms with van der Waals surface area (Å²) in [6, 6.07) is 3.22. The van der Waals surface area contributed by atoms with Crippen LogP contribution in [0.5, 0.6) is 0 Å². The highest BCUT2D eigenvalue weighted by molar-refractivity contribution is 5.92. The molecule has 1 amide bonds. The van der Waals surface area contributed by atoms with Crippen molar-refractivity contribution in [1.29, 1.82) is 0 Å². The van der Waals surface area contributed by atoms with E-state index in [2.05, 4.69) is 25.6 Å². The van der Waals surface area contributed by atoms with Crippen LogP contribution < -0.4 is 5.32 Å². The third-order valence-corrected chi connectivity index (χ3v) is 3.31. The third-order valence-electron chi connectivity index (χ3n) is 3.31. The highest BCUT2D eigenvalue weighted by Gasteiger charge is 2.19. The third kappa shape index (κ3) is 2.62. The normalized spacial score (nSPS) is 12.3. The number of furan rings is 1. The lowest BCUT2D eigenvalue weighted by Gasteiger charge is -2.12. The van der Waals surface area contributed by atoms with Crippen LogP contribution in [-0.4, -0.2) is 30.9 Å². The number of anilines is 1. The second-order valence-electron chi connectivity index (χ2n) is 5.06. The molecule has 0 spiro atoms. The Labute approximate surface area is 126 Å². The average Bonchev–Trinajstić information content (AvgIpc) is 3.18. The number of hydrogen-bond donors (Lipinski definition) is 2. The molecular formula is C14H16N6O2. The SMILES string of the molecule is Cc1cc(C)n(C(C)C(=O)Nc2n[nH]c(-c3ccoc3)n2)n1.